The predicted molar refractivity (Wildman–Crippen MR) is 175 cm³/mol. The van der Waals surface area contributed by atoms with E-state index in [0.29, 0.717) is 50.1 Å². The highest BCUT2D eigenvalue weighted by Crippen LogP contribution is 2.40. The third kappa shape index (κ3) is 6.03. The van der Waals surface area contributed by atoms with Crippen molar-refractivity contribution >= 4 is 56.9 Å². The molecule has 3 aromatic carbocycles. The molecule has 46 heavy (non-hydrogen) atoms. The number of ether oxygens (including phenoxy) is 4. The molecule has 5 aromatic rings. The molecular weight excluding hydrogens is 616 g/mol. The number of amides is 1. The van der Waals surface area contributed by atoms with Crippen LogP contribution in [0.5, 0.6) is 17.2 Å². The van der Waals surface area contributed by atoms with Crippen LogP contribution in [0.25, 0.3) is 27.5 Å². The van der Waals surface area contributed by atoms with Gasteiger partial charge in [-0.1, -0.05) is 48.8 Å². The number of fused-ring (bicyclic) bond motifs is 3. The third-order valence-corrected chi connectivity index (χ3v) is 7.78. The van der Waals surface area contributed by atoms with Crippen molar-refractivity contribution in [2.24, 2.45) is 5.92 Å². The first kappa shape index (κ1) is 32.2. The Hall–Kier alpha value is -5.23. The highest BCUT2D eigenvalue weighted by atomic mass is 35.5. The smallest absolute Gasteiger partial charge is 0.328 e. The lowest BCUT2D eigenvalue weighted by atomic mass is 10.0. The van der Waals surface area contributed by atoms with Crippen LogP contribution in [-0.2, 0) is 20.7 Å². The van der Waals surface area contributed by atoms with Gasteiger partial charge in [0.15, 0.2) is 11.5 Å². The van der Waals surface area contributed by atoms with Gasteiger partial charge in [0.1, 0.15) is 16.9 Å². The van der Waals surface area contributed by atoms with Gasteiger partial charge in [0.2, 0.25) is 17.5 Å². The maximum atomic E-state index is 14.2. The van der Waals surface area contributed by atoms with E-state index in [-0.39, 0.29) is 35.0 Å². The first-order valence-electron chi connectivity index (χ1n) is 14.3. The van der Waals surface area contributed by atoms with E-state index in [0.717, 1.165) is 0 Å². The molecule has 0 aliphatic heterocycles. The van der Waals surface area contributed by atoms with Crippen molar-refractivity contribution in [1.82, 2.24) is 9.72 Å². The second-order valence-electron chi connectivity index (χ2n) is 10.7. The van der Waals surface area contributed by atoms with Crippen molar-refractivity contribution in [3.63, 3.8) is 0 Å². The molecule has 0 aliphatic rings. The largest absolute Gasteiger partial charge is 0.493 e. The van der Waals surface area contributed by atoms with Gasteiger partial charge in [0.25, 0.3) is 5.56 Å². The van der Waals surface area contributed by atoms with Gasteiger partial charge in [-0.2, -0.15) is 0 Å². The number of esters is 1. The van der Waals surface area contributed by atoms with E-state index in [4.69, 9.17) is 35.1 Å². The van der Waals surface area contributed by atoms with E-state index in [2.05, 4.69) is 15.8 Å². The maximum Gasteiger partial charge on any atom is 0.328 e. The monoisotopic (exact) mass is 648 g/mol. The van der Waals surface area contributed by atoms with Crippen molar-refractivity contribution in [2.75, 3.05) is 39.1 Å². The Kier molecular flexibility index (Phi) is 9.38. The normalized spacial score (nSPS) is 11.8. The van der Waals surface area contributed by atoms with Crippen molar-refractivity contribution in [3.8, 4) is 22.9 Å². The predicted octanol–water partition coefficient (Wildman–Crippen LogP) is 5.60. The fourth-order valence-corrected chi connectivity index (χ4v) is 5.54. The zero-order valence-corrected chi connectivity index (χ0v) is 26.9. The summed E-state index contributed by atoms with van der Waals surface area (Å²) in [6.45, 7) is 3.67. The molecule has 2 heterocycles. The van der Waals surface area contributed by atoms with Crippen LogP contribution in [0.3, 0.4) is 0 Å². The number of anilines is 2. The Bertz CT molecular complexity index is 1980. The first-order valence-corrected chi connectivity index (χ1v) is 14.7. The van der Waals surface area contributed by atoms with Gasteiger partial charge in [-0.05, 0) is 35.7 Å². The topological polar surface area (TPSA) is 143 Å². The van der Waals surface area contributed by atoms with Gasteiger partial charge in [0, 0.05) is 28.9 Å². The summed E-state index contributed by atoms with van der Waals surface area (Å²) in [5.74, 6) is 0.192. The van der Waals surface area contributed by atoms with Crippen LogP contribution in [0, 0.1) is 5.92 Å². The van der Waals surface area contributed by atoms with Crippen LogP contribution >= 0.6 is 11.6 Å². The summed E-state index contributed by atoms with van der Waals surface area (Å²) in [5, 5.41) is 11.0. The molecule has 13 heteroatoms. The zero-order valence-electron chi connectivity index (χ0n) is 26.1. The van der Waals surface area contributed by atoms with Gasteiger partial charge in [-0.25, -0.2) is 4.79 Å². The molecular formula is C33H33ClN4O8. The number of benzene rings is 3. The quantitative estimate of drug-likeness (QED) is 0.174. The molecule has 2 aromatic heterocycles. The van der Waals surface area contributed by atoms with E-state index < -0.39 is 17.6 Å². The van der Waals surface area contributed by atoms with Crippen molar-refractivity contribution < 1.29 is 33.1 Å². The molecule has 0 fully saturated rings. The summed E-state index contributed by atoms with van der Waals surface area (Å²) < 4.78 is 28.1. The van der Waals surface area contributed by atoms with Gasteiger partial charge >= 0.3 is 5.97 Å². The van der Waals surface area contributed by atoms with E-state index in [1.54, 1.807) is 54.6 Å². The first-order chi connectivity index (χ1) is 22.1. The van der Waals surface area contributed by atoms with Gasteiger partial charge in [-0.15, -0.1) is 0 Å². The molecule has 12 nitrogen and oxygen atoms in total. The Morgan fingerprint density at radius 1 is 0.957 bits per heavy atom. The summed E-state index contributed by atoms with van der Waals surface area (Å²) >= 11 is 6.66. The standard InChI is InChI=1S/C33H33ClN4O8/c1-17(2)28(33(41)45-6)36-31-27-29(37-46-31)26-21(34)11-8-12-22(26)38(32(27)40)20-10-7-9-18(13-20)14-25(39)35-19-15-23(42-3)30(44-5)24(16-19)43-4/h7-13,15-17,28,36H,14H2,1-6H3,(H,35,39). The fraction of sp³-hybridized carbons (Fsp3) is 0.273. The zero-order chi connectivity index (χ0) is 33.1. The lowest BCUT2D eigenvalue weighted by Gasteiger charge is -2.19. The fourth-order valence-electron chi connectivity index (χ4n) is 5.28. The maximum absolute atomic E-state index is 14.2. The number of pyridine rings is 1. The number of carbonyl (C=O) groups is 2. The Balaban J connectivity index is 1.55. The third-order valence-electron chi connectivity index (χ3n) is 7.47. The molecule has 0 saturated heterocycles. The molecule has 0 saturated carbocycles. The second-order valence-corrected chi connectivity index (χ2v) is 11.1. The van der Waals surface area contributed by atoms with E-state index >= 15 is 0 Å². The van der Waals surface area contributed by atoms with Crippen LogP contribution in [0.15, 0.2) is 63.9 Å². The molecule has 0 aliphatic carbocycles. The summed E-state index contributed by atoms with van der Waals surface area (Å²) in [6.07, 6.45) is -0.00451. The average Bonchev–Trinajstić information content (AvgIpc) is 3.46. The minimum Gasteiger partial charge on any atom is -0.493 e. The van der Waals surface area contributed by atoms with E-state index in [1.807, 2.05) is 13.8 Å². The Morgan fingerprint density at radius 3 is 2.28 bits per heavy atom. The number of methoxy groups -OCH3 is 4. The molecule has 0 radical (unpaired) electrons. The van der Waals surface area contributed by atoms with E-state index in [9.17, 15) is 14.4 Å². The van der Waals surface area contributed by atoms with Crippen molar-refractivity contribution in [1.29, 1.82) is 0 Å². The molecule has 0 spiro atoms. The summed E-state index contributed by atoms with van der Waals surface area (Å²) in [4.78, 5) is 39.9. The van der Waals surface area contributed by atoms with E-state index in [1.165, 1.54) is 33.0 Å². The molecule has 1 amide bonds. The number of rotatable bonds is 11. The van der Waals surface area contributed by atoms with Crippen LogP contribution < -0.4 is 30.4 Å². The van der Waals surface area contributed by atoms with Crippen LogP contribution in [-0.4, -0.2) is 56.1 Å². The SMILES string of the molecule is COC(=O)C(Nc1onc2c1c(=O)n(-c1cccc(CC(=O)Nc3cc(OC)c(OC)c(OC)c3)c1)c1cccc(Cl)c21)C(C)C. The summed E-state index contributed by atoms with van der Waals surface area (Å²) in [5.41, 5.74) is 1.85. The highest BCUT2D eigenvalue weighted by Gasteiger charge is 2.28. The minimum atomic E-state index is -0.802. The van der Waals surface area contributed by atoms with Gasteiger partial charge < -0.3 is 34.1 Å². The van der Waals surface area contributed by atoms with Crippen LogP contribution in [0.2, 0.25) is 5.02 Å². The Morgan fingerprint density at radius 2 is 1.65 bits per heavy atom. The van der Waals surface area contributed by atoms with Crippen molar-refractivity contribution in [3.05, 3.63) is 75.5 Å². The summed E-state index contributed by atoms with van der Waals surface area (Å²) in [7, 11) is 5.77. The van der Waals surface area contributed by atoms with Crippen molar-refractivity contribution in [2.45, 2.75) is 26.3 Å². The molecule has 5 rings (SSSR count). The Labute approximate surface area is 269 Å². The number of nitrogens with zero attached hydrogens (tertiary/aromatic N) is 2. The molecule has 2 N–H and O–H groups in total. The second kappa shape index (κ2) is 13.4. The number of carbonyl (C=O) groups excluding carboxylic acids is 2. The number of nitrogens with one attached hydrogen (secondary N) is 2. The molecule has 1 unspecified atom stereocenters. The number of aromatic nitrogens is 2. The number of halogens is 1. The van der Waals surface area contributed by atoms with Crippen LogP contribution in [0.4, 0.5) is 11.6 Å². The molecule has 1 atom stereocenters. The lowest BCUT2D eigenvalue weighted by molar-refractivity contribution is -0.142. The van der Waals surface area contributed by atoms with Crippen LogP contribution in [0.1, 0.15) is 19.4 Å². The summed E-state index contributed by atoms with van der Waals surface area (Å²) in [6, 6.07) is 14.7. The molecule has 0 bridgehead atoms. The highest BCUT2D eigenvalue weighted by molar-refractivity contribution is 6.37. The minimum absolute atomic E-state index is 0.00451. The number of hydrogen-bond donors (Lipinski definition) is 2. The van der Waals surface area contributed by atoms with Gasteiger partial charge in [-0.3, -0.25) is 14.2 Å². The number of hydrogen-bond acceptors (Lipinski definition) is 10. The van der Waals surface area contributed by atoms with Gasteiger partial charge in [0.05, 0.1) is 45.4 Å². The average molecular weight is 649 g/mol. The lowest BCUT2D eigenvalue weighted by Crippen LogP contribution is -2.35. The molecule has 240 valence electrons.